The molecule has 0 spiro atoms. The molecule has 0 bridgehead atoms. The number of anilines is 2. The maximum absolute atomic E-state index is 12.8. The van der Waals surface area contributed by atoms with Gasteiger partial charge in [0.1, 0.15) is 11.6 Å². The molecule has 0 saturated carbocycles. The van der Waals surface area contributed by atoms with Crippen LogP contribution in [0.3, 0.4) is 0 Å². The lowest BCUT2D eigenvalue weighted by molar-refractivity contribution is -0.113. The highest BCUT2D eigenvalue weighted by Gasteiger charge is 2.07. The van der Waals surface area contributed by atoms with Crippen molar-refractivity contribution < 1.29 is 13.9 Å². The van der Waals surface area contributed by atoms with Gasteiger partial charge in [-0.05, 0) is 42.5 Å². The molecular weight excluding hydrogens is 291 g/mol. The van der Waals surface area contributed by atoms with Gasteiger partial charge in [-0.1, -0.05) is 0 Å². The van der Waals surface area contributed by atoms with Gasteiger partial charge < -0.3 is 15.8 Å². The zero-order valence-corrected chi connectivity index (χ0v) is 12.2. The largest absolute Gasteiger partial charge is 0.497 e. The monoisotopic (exact) mass is 306 g/mol. The molecule has 0 aromatic heterocycles. The van der Waals surface area contributed by atoms with Crippen molar-refractivity contribution in [1.82, 2.24) is 0 Å². The predicted molar refractivity (Wildman–Crippen MR) is 83.2 cm³/mol. The first-order valence-electron chi connectivity index (χ1n) is 6.20. The number of nitrogen functional groups attached to an aromatic ring is 1. The number of hydrogen-bond acceptors (Lipinski definition) is 4. The number of nitrogens with two attached hydrogens (primary N) is 1. The lowest BCUT2D eigenvalue weighted by Crippen LogP contribution is -2.14. The van der Waals surface area contributed by atoms with Gasteiger partial charge in [0.05, 0.1) is 12.9 Å². The Balaban J connectivity index is 1.93. The van der Waals surface area contributed by atoms with E-state index in [1.807, 2.05) is 0 Å². The third kappa shape index (κ3) is 4.39. The van der Waals surface area contributed by atoms with Gasteiger partial charge in [0, 0.05) is 16.3 Å². The van der Waals surface area contributed by atoms with E-state index in [0.29, 0.717) is 17.1 Å². The molecule has 0 aliphatic heterocycles. The number of benzene rings is 2. The molecule has 21 heavy (non-hydrogen) atoms. The standard InChI is InChI=1S/C15H15FN2O2S/c1-20-12-6-7-13(17)14(8-12)21-9-15(19)18-11-4-2-10(16)3-5-11/h2-8H,9,17H2,1H3,(H,18,19). The van der Waals surface area contributed by atoms with Crippen LogP contribution < -0.4 is 15.8 Å². The summed E-state index contributed by atoms with van der Waals surface area (Å²) >= 11 is 1.32. The van der Waals surface area contributed by atoms with Crippen LogP contribution in [0.25, 0.3) is 0 Å². The average molecular weight is 306 g/mol. The number of rotatable bonds is 5. The minimum atomic E-state index is -0.341. The van der Waals surface area contributed by atoms with Gasteiger partial charge in [-0.15, -0.1) is 11.8 Å². The van der Waals surface area contributed by atoms with E-state index in [4.69, 9.17) is 10.5 Å². The maximum atomic E-state index is 12.8. The Hall–Kier alpha value is -2.21. The van der Waals surface area contributed by atoms with Crippen molar-refractivity contribution >= 4 is 29.0 Å². The van der Waals surface area contributed by atoms with Crippen LogP contribution in [-0.4, -0.2) is 18.8 Å². The lowest BCUT2D eigenvalue weighted by atomic mass is 10.3. The second-order valence-electron chi connectivity index (χ2n) is 4.25. The summed E-state index contributed by atoms with van der Waals surface area (Å²) in [7, 11) is 1.57. The minimum absolute atomic E-state index is 0.186. The van der Waals surface area contributed by atoms with E-state index in [9.17, 15) is 9.18 Å². The van der Waals surface area contributed by atoms with Crippen LogP contribution in [0.15, 0.2) is 47.4 Å². The molecule has 0 heterocycles. The molecule has 0 aliphatic carbocycles. The fourth-order valence-electron chi connectivity index (χ4n) is 1.64. The van der Waals surface area contributed by atoms with Crippen LogP contribution in [0.2, 0.25) is 0 Å². The maximum Gasteiger partial charge on any atom is 0.234 e. The SMILES string of the molecule is COc1ccc(N)c(SCC(=O)Nc2ccc(F)cc2)c1. The average Bonchev–Trinajstić information content (AvgIpc) is 2.49. The third-order valence-electron chi connectivity index (χ3n) is 2.71. The van der Waals surface area contributed by atoms with Crippen LogP contribution >= 0.6 is 11.8 Å². The molecule has 0 aliphatic rings. The van der Waals surface area contributed by atoms with Crippen LogP contribution in [0.4, 0.5) is 15.8 Å². The summed E-state index contributed by atoms with van der Waals surface area (Å²) in [6.45, 7) is 0. The van der Waals surface area contributed by atoms with Gasteiger partial charge in [0.2, 0.25) is 5.91 Å². The first kappa shape index (κ1) is 15.2. The molecule has 2 rings (SSSR count). The predicted octanol–water partition coefficient (Wildman–Crippen LogP) is 3.15. The number of carbonyl (C=O) groups is 1. The van der Waals surface area contributed by atoms with Crippen molar-refractivity contribution in [2.75, 3.05) is 23.9 Å². The van der Waals surface area contributed by atoms with Crippen LogP contribution in [-0.2, 0) is 4.79 Å². The molecule has 0 fully saturated rings. The normalized spacial score (nSPS) is 10.2. The first-order chi connectivity index (χ1) is 10.1. The fraction of sp³-hybridized carbons (Fsp3) is 0.133. The zero-order valence-electron chi connectivity index (χ0n) is 11.4. The zero-order chi connectivity index (χ0) is 15.2. The number of ether oxygens (including phenoxy) is 1. The summed E-state index contributed by atoms with van der Waals surface area (Å²) in [6.07, 6.45) is 0. The molecular formula is C15H15FN2O2S. The topological polar surface area (TPSA) is 64.3 Å². The number of thioether (sulfide) groups is 1. The molecule has 0 radical (unpaired) electrons. The minimum Gasteiger partial charge on any atom is -0.497 e. The molecule has 3 N–H and O–H groups in total. The molecule has 2 aromatic rings. The molecule has 2 aromatic carbocycles. The Morgan fingerprint density at radius 2 is 2.00 bits per heavy atom. The molecule has 0 saturated heterocycles. The van der Waals surface area contributed by atoms with E-state index in [1.54, 1.807) is 25.3 Å². The number of halogens is 1. The van der Waals surface area contributed by atoms with Gasteiger partial charge in [0.15, 0.2) is 0 Å². The molecule has 0 unspecified atom stereocenters. The van der Waals surface area contributed by atoms with E-state index >= 15 is 0 Å². The van der Waals surface area contributed by atoms with E-state index in [1.165, 1.54) is 36.0 Å². The van der Waals surface area contributed by atoms with Crippen molar-refractivity contribution in [3.05, 3.63) is 48.3 Å². The van der Waals surface area contributed by atoms with Gasteiger partial charge in [-0.25, -0.2) is 4.39 Å². The molecule has 110 valence electrons. The highest BCUT2D eigenvalue weighted by Crippen LogP contribution is 2.29. The van der Waals surface area contributed by atoms with Crippen LogP contribution in [0.1, 0.15) is 0 Å². The van der Waals surface area contributed by atoms with Crippen molar-refractivity contribution in [2.45, 2.75) is 4.90 Å². The third-order valence-corrected chi connectivity index (χ3v) is 3.78. The highest BCUT2D eigenvalue weighted by molar-refractivity contribution is 8.00. The van der Waals surface area contributed by atoms with Gasteiger partial charge >= 0.3 is 0 Å². The van der Waals surface area contributed by atoms with Crippen LogP contribution in [0.5, 0.6) is 5.75 Å². The molecule has 0 atom stereocenters. The number of carbonyl (C=O) groups excluding carboxylic acids is 1. The smallest absolute Gasteiger partial charge is 0.234 e. The number of amides is 1. The van der Waals surface area contributed by atoms with Gasteiger partial charge in [-0.2, -0.15) is 0 Å². The van der Waals surface area contributed by atoms with Crippen molar-refractivity contribution in [2.24, 2.45) is 0 Å². The summed E-state index contributed by atoms with van der Waals surface area (Å²) in [5.74, 6) is 0.361. The fourth-order valence-corrected chi connectivity index (χ4v) is 2.43. The molecule has 6 heteroatoms. The summed E-state index contributed by atoms with van der Waals surface area (Å²) in [6, 6.07) is 10.9. The second-order valence-corrected chi connectivity index (χ2v) is 5.26. The number of nitrogens with one attached hydrogen (secondary N) is 1. The van der Waals surface area contributed by atoms with E-state index < -0.39 is 0 Å². The van der Waals surface area contributed by atoms with E-state index in [-0.39, 0.29) is 17.5 Å². The second kappa shape index (κ2) is 6.99. The highest BCUT2D eigenvalue weighted by atomic mass is 32.2. The van der Waals surface area contributed by atoms with E-state index in [0.717, 1.165) is 4.90 Å². The Labute approximate surface area is 126 Å². The summed E-state index contributed by atoms with van der Waals surface area (Å²) in [5, 5.41) is 2.69. The summed E-state index contributed by atoms with van der Waals surface area (Å²) in [5.41, 5.74) is 7.00. The Kier molecular flexibility index (Phi) is 5.05. The van der Waals surface area contributed by atoms with Crippen molar-refractivity contribution in [1.29, 1.82) is 0 Å². The van der Waals surface area contributed by atoms with Crippen LogP contribution in [0, 0.1) is 5.82 Å². The van der Waals surface area contributed by atoms with Gasteiger partial charge in [-0.3, -0.25) is 4.79 Å². The number of hydrogen-bond donors (Lipinski definition) is 2. The Morgan fingerprint density at radius 1 is 1.29 bits per heavy atom. The quantitative estimate of drug-likeness (QED) is 0.658. The first-order valence-corrected chi connectivity index (χ1v) is 7.19. The Morgan fingerprint density at radius 3 is 2.67 bits per heavy atom. The lowest BCUT2D eigenvalue weighted by Gasteiger charge is -2.08. The summed E-state index contributed by atoms with van der Waals surface area (Å²) in [4.78, 5) is 12.6. The van der Waals surface area contributed by atoms with Gasteiger partial charge in [0.25, 0.3) is 0 Å². The van der Waals surface area contributed by atoms with E-state index in [2.05, 4.69) is 5.32 Å². The van der Waals surface area contributed by atoms with Crippen molar-refractivity contribution in [3.8, 4) is 5.75 Å². The molecule has 1 amide bonds. The Bertz CT molecular complexity index is 632. The summed E-state index contributed by atoms with van der Waals surface area (Å²) < 4.78 is 17.9. The molecule has 4 nitrogen and oxygen atoms in total. The van der Waals surface area contributed by atoms with Crippen molar-refractivity contribution in [3.63, 3.8) is 0 Å². The number of methoxy groups -OCH3 is 1.